The van der Waals surface area contributed by atoms with Crippen LogP contribution in [0.5, 0.6) is 5.75 Å². The number of amides is 1. The fourth-order valence-electron chi connectivity index (χ4n) is 4.29. The Morgan fingerprint density at radius 3 is 2.59 bits per heavy atom. The lowest BCUT2D eigenvalue weighted by molar-refractivity contribution is -0.132. The molecule has 1 aliphatic heterocycles. The fraction of sp³-hybridized carbons (Fsp3) is 0.308. The van der Waals surface area contributed by atoms with Crippen LogP contribution < -0.4 is 4.74 Å². The molecule has 1 saturated heterocycles. The predicted molar refractivity (Wildman–Crippen MR) is 123 cm³/mol. The van der Waals surface area contributed by atoms with Crippen molar-refractivity contribution in [1.29, 1.82) is 0 Å². The van der Waals surface area contributed by atoms with Crippen LogP contribution in [0, 0.1) is 18.7 Å². The largest absolute Gasteiger partial charge is 0.495 e. The molecule has 1 fully saturated rings. The van der Waals surface area contributed by atoms with E-state index in [2.05, 4.69) is 18.8 Å². The van der Waals surface area contributed by atoms with Crippen molar-refractivity contribution in [2.24, 2.45) is 5.92 Å². The van der Waals surface area contributed by atoms with Crippen molar-refractivity contribution in [1.82, 2.24) is 14.5 Å². The van der Waals surface area contributed by atoms with Crippen LogP contribution in [0.1, 0.15) is 37.1 Å². The minimum Gasteiger partial charge on any atom is -0.495 e. The molecule has 1 unspecified atom stereocenters. The number of methoxy groups -OCH3 is 1. The highest BCUT2D eigenvalue weighted by Gasteiger charge is 2.33. The molecule has 0 radical (unpaired) electrons. The second kappa shape index (κ2) is 8.99. The summed E-state index contributed by atoms with van der Waals surface area (Å²) < 4.78 is 20.8. The molecule has 166 valence electrons. The lowest BCUT2D eigenvalue weighted by Gasteiger charge is -2.38. The number of nitrogens with zero attached hydrogens (tertiary/aromatic N) is 3. The van der Waals surface area contributed by atoms with Crippen LogP contribution in [0.15, 0.2) is 60.6 Å². The van der Waals surface area contributed by atoms with Crippen LogP contribution in [-0.4, -0.2) is 33.5 Å². The summed E-state index contributed by atoms with van der Waals surface area (Å²) in [4.78, 5) is 19.6. The molecule has 0 saturated carbocycles. The Balaban J connectivity index is 1.63. The summed E-state index contributed by atoms with van der Waals surface area (Å²) in [5, 5.41) is 0. The molecular formula is C26H28FN3O2. The van der Waals surface area contributed by atoms with Gasteiger partial charge in [0.25, 0.3) is 5.91 Å². The third-order valence-electron chi connectivity index (χ3n) is 6.05. The number of aryl methyl sites for hydroxylation is 1. The van der Waals surface area contributed by atoms with Crippen molar-refractivity contribution in [3.8, 4) is 11.4 Å². The first-order valence-electron chi connectivity index (χ1n) is 10.8. The number of aromatic nitrogens is 2. The summed E-state index contributed by atoms with van der Waals surface area (Å²) in [5.74, 6) is 0.603. The zero-order valence-corrected chi connectivity index (χ0v) is 18.9. The van der Waals surface area contributed by atoms with Gasteiger partial charge in [-0.05, 0) is 67.7 Å². The van der Waals surface area contributed by atoms with Crippen LogP contribution in [0.3, 0.4) is 0 Å². The number of likely N-dealkylation sites (tertiary alicyclic amines) is 1. The van der Waals surface area contributed by atoms with Crippen molar-refractivity contribution in [3.63, 3.8) is 0 Å². The molecule has 6 heteroatoms. The van der Waals surface area contributed by atoms with Gasteiger partial charge in [-0.1, -0.05) is 25.1 Å². The molecular weight excluding hydrogens is 405 g/mol. The second-order valence-corrected chi connectivity index (χ2v) is 8.50. The van der Waals surface area contributed by atoms with Crippen LogP contribution in [0.4, 0.5) is 4.39 Å². The van der Waals surface area contributed by atoms with Gasteiger partial charge >= 0.3 is 0 Å². The first-order valence-corrected chi connectivity index (χ1v) is 10.8. The topological polar surface area (TPSA) is 47.4 Å². The highest BCUT2D eigenvalue weighted by atomic mass is 19.1. The zero-order chi connectivity index (χ0) is 22.8. The molecule has 4 rings (SSSR count). The quantitative estimate of drug-likeness (QED) is 0.522. The third-order valence-corrected chi connectivity index (χ3v) is 6.05. The Kier molecular flexibility index (Phi) is 6.12. The van der Waals surface area contributed by atoms with E-state index in [9.17, 15) is 9.18 Å². The molecule has 0 bridgehead atoms. The average molecular weight is 434 g/mol. The van der Waals surface area contributed by atoms with Gasteiger partial charge in [0.1, 0.15) is 11.6 Å². The average Bonchev–Trinajstić information content (AvgIpc) is 3.21. The van der Waals surface area contributed by atoms with Crippen molar-refractivity contribution in [3.05, 3.63) is 83.2 Å². The van der Waals surface area contributed by atoms with Gasteiger partial charge < -0.3 is 14.2 Å². The number of imidazole rings is 1. The maximum atomic E-state index is 13.4. The Morgan fingerprint density at radius 1 is 1.19 bits per heavy atom. The van der Waals surface area contributed by atoms with Crippen LogP contribution in [0.25, 0.3) is 11.8 Å². The normalized spacial score (nSPS) is 20.1. The lowest BCUT2D eigenvalue weighted by Crippen LogP contribution is -2.45. The van der Waals surface area contributed by atoms with Crippen LogP contribution >= 0.6 is 0 Å². The van der Waals surface area contributed by atoms with E-state index in [0.29, 0.717) is 12.3 Å². The van der Waals surface area contributed by atoms with Crippen molar-refractivity contribution in [2.75, 3.05) is 7.11 Å². The minimum atomic E-state index is -0.274. The van der Waals surface area contributed by atoms with E-state index in [1.54, 1.807) is 25.6 Å². The number of hydrogen-bond donors (Lipinski definition) is 0. The summed E-state index contributed by atoms with van der Waals surface area (Å²) >= 11 is 0. The SMILES string of the molecule is COc1cc(/C=C2/C(=O)N(Cc3ccc(F)cc3)C(C)C[C@H]2C)ccc1-n1cnc(C)c1. The van der Waals surface area contributed by atoms with Gasteiger partial charge in [-0.3, -0.25) is 4.79 Å². The van der Waals surface area contributed by atoms with Gasteiger partial charge in [0.15, 0.2) is 0 Å². The monoisotopic (exact) mass is 433 g/mol. The number of ether oxygens (including phenoxy) is 1. The highest BCUT2D eigenvalue weighted by Crippen LogP contribution is 2.32. The van der Waals surface area contributed by atoms with E-state index in [1.807, 2.05) is 46.9 Å². The number of rotatable bonds is 5. The highest BCUT2D eigenvalue weighted by molar-refractivity contribution is 5.99. The maximum Gasteiger partial charge on any atom is 0.250 e. The van der Waals surface area contributed by atoms with Gasteiger partial charge in [-0.15, -0.1) is 0 Å². The number of carbonyl (C=O) groups excluding carboxylic acids is 1. The molecule has 1 amide bonds. The Labute approximate surface area is 188 Å². The van der Waals surface area contributed by atoms with Gasteiger partial charge in [0.2, 0.25) is 0 Å². The number of halogens is 1. The standard InChI is InChI=1S/C26H28FN3O2/c1-17-11-19(3)30(15-20-5-8-22(27)9-6-20)26(31)23(17)12-21-7-10-24(25(13-21)32-4)29-14-18(2)28-16-29/h5-10,12-14,16-17,19H,11,15H2,1-4H3/b23-12+/t17-,19?/m1/s1. The smallest absolute Gasteiger partial charge is 0.250 e. The summed E-state index contributed by atoms with van der Waals surface area (Å²) in [6.07, 6.45) is 6.54. The molecule has 0 aliphatic carbocycles. The zero-order valence-electron chi connectivity index (χ0n) is 18.9. The summed E-state index contributed by atoms with van der Waals surface area (Å²) in [7, 11) is 1.64. The molecule has 0 N–H and O–H groups in total. The molecule has 2 aromatic carbocycles. The van der Waals surface area contributed by atoms with Crippen LogP contribution in [0.2, 0.25) is 0 Å². The molecule has 2 heterocycles. The van der Waals surface area contributed by atoms with Gasteiger partial charge in [-0.25, -0.2) is 9.37 Å². The number of carbonyl (C=O) groups is 1. The number of piperidine rings is 1. The van der Waals surface area contributed by atoms with E-state index in [0.717, 1.165) is 34.5 Å². The third kappa shape index (κ3) is 4.44. The maximum absolute atomic E-state index is 13.4. The first kappa shape index (κ1) is 21.8. The molecule has 5 nitrogen and oxygen atoms in total. The summed E-state index contributed by atoms with van der Waals surface area (Å²) in [6, 6.07) is 12.4. The second-order valence-electron chi connectivity index (χ2n) is 8.50. The minimum absolute atomic E-state index is 0.0221. The fourth-order valence-corrected chi connectivity index (χ4v) is 4.29. The Bertz CT molecular complexity index is 1150. The Hall–Kier alpha value is -3.41. The lowest BCUT2D eigenvalue weighted by atomic mass is 9.86. The van der Waals surface area contributed by atoms with Crippen molar-refractivity contribution < 1.29 is 13.9 Å². The van der Waals surface area contributed by atoms with E-state index in [-0.39, 0.29) is 23.7 Å². The van der Waals surface area contributed by atoms with Gasteiger partial charge in [0.05, 0.1) is 24.8 Å². The molecule has 1 aromatic heterocycles. The van der Waals surface area contributed by atoms with E-state index < -0.39 is 0 Å². The van der Waals surface area contributed by atoms with Crippen molar-refractivity contribution >= 4 is 12.0 Å². The summed E-state index contributed by atoms with van der Waals surface area (Å²) in [6.45, 7) is 6.57. The van der Waals surface area contributed by atoms with Crippen LogP contribution in [-0.2, 0) is 11.3 Å². The van der Waals surface area contributed by atoms with Crippen molar-refractivity contribution in [2.45, 2.75) is 39.8 Å². The number of benzene rings is 2. The summed E-state index contributed by atoms with van der Waals surface area (Å²) in [5.41, 5.74) is 4.43. The van der Waals surface area contributed by atoms with E-state index >= 15 is 0 Å². The molecule has 2 atom stereocenters. The van der Waals surface area contributed by atoms with Gasteiger partial charge in [0, 0.05) is 24.4 Å². The molecule has 0 spiro atoms. The predicted octanol–water partition coefficient (Wildman–Crippen LogP) is 5.17. The molecule has 3 aromatic rings. The van der Waals surface area contributed by atoms with E-state index in [4.69, 9.17) is 4.74 Å². The van der Waals surface area contributed by atoms with Gasteiger partial charge in [-0.2, -0.15) is 0 Å². The molecule has 32 heavy (non-hydrogen) atoms. The molecule has 1 aliphatic rings. The Morgan fingerprint density at radius 2 is 1.94 bits per heavy atom. The number of hydrogen-bond acceptors (Lipinski definition) is 3. The van der Waals surface area contributed by atoms with E-state index in [1.165, 1.54) is 12.1 Å². The first-order chi connectivity index (χ1) is 15.4.